The number of carbonyl (C=O) groups excluding carboxylic acids is 2. The van der Waals surface area contributed by atoms with E-state index in [1.165, 1.54) is 18.4 Å². The highest BCUT2D eigenvalue weighted by atomic mass is 16.5. The van der Waals surface area contributed by atoms with Gasteiger partial charge in [-0.05, 0) is 67.9 Å². The lowest BCUT2D eigenvalue weighted by Crippen LogP contribution is -2.36. The third-order valence-corrected chi connectivity index (χ3v) is 5.84. The quantitative estimate of drug-likeness (QED) is 0.739. The molecule has 7 heteroatoms. The third kappa shape index (κ3) is 4.41. The second-order valence-corrected chi connectivity index (χ2v) is 7.67. The Morgan fingerprint density at radius 1 is 1.07 bits per heavy atom. The van der Waals surface area contributed by atoms with E-state index < -0.39 is 0 Å². The van der Waals surface area contributed by atoms with E-state index in [1.54, 1.807) is 24.1 Å². The topological polar surface area (TPSA) is 73.9 Å². The third-order valence-electron chi connectivity index (χ3n) is 5.84. The molecule has 0 radical (unpaired) electrons. The Bertz CT molecular complexity index is 876. The van der Waals surface area contributed by atoms with Crippen LogP contribution in [0.5, 0.6) is 5.75 Å². The zero-order valence-corrected chi connectivity index (χ0v) is 17.3. The minimum atomic E-state index is -0.106. The van der Waals surface area contributed by atoms with Gasteiger partial charge in [-0.1, -0.05) is 12.1 Å². The summed E-state index contributed by atoms with van der Waals surface area (Å²) in [6, 6.07) is 15.3. The molecule has 0 saturated carbocycles. The average Bonchev–Trinajstić information content (AvgIpc) is 3.46. The van der Waals surface area contributed by atoms with Gasteiger partial charge in [0.15, 0.2) is 0 Å². The lowest BCUT2D eigenvalue weighted by Gasteiger charge is -2.28. The fraction of sp³-hybridized carbons (Fsp3) is 0.391. The summed E-state index contributed by atoms with van der Waals surface area (Å²) in [5.74, 6) is 0.722. The van der Waals surface area contributed by atoms with Crippen molar-refractivity contribution in [1.82, 2.24) is 15.5 Å². The molecule has 0 aliphatic carbocycles. The predicted molar refractivity (Wildman–Crippen MR) is 116 cm³/mol. The second kappa shape index (κ2) is 9.17. The van der Waals surface area contributed by atoms with Crippen LogP contribution >= 0.6 is 0 Å². The molecular weight excluding hydrogens is 380 g/mol. The number of urea groups is 1. The number of ether oxygens (including phenoxy) is 1. The number of nitrogens with one attached hydrogen (secondary N) is 2. The zero-order valence-electron chi connectivity index (χ0n) is 17.3. The molecule has 2 saturated heterocycles. The van der Waals surface area contributed by atoms with Crippen molar-refractivity contribution in [2.75, 3.05) is 44.7 Å². The van der Waals surface area contributed by atoms with Gasteiger partial charge in [0, 0.05) is 30.9 Å². The number of anilines is 1. The maximum absolute atomic E-state index is 12.8. The van der Waals surface area contributed by atoms with Gasteiger partial charge in [-0.25, -0.2) is 4.79 Å². The van der Waals surface area contributed by atoms with Crippen molar-refractivity contribution in [1.29, 1.82) is 0 Å². The molecule has 2 heterocycles. The van der Waals surface area contributed by atoms with Crippen LogP contribution in [0.4, 0.5) is 10.5 Å². The molecule has 2 N–H and O–H groups in total. The van der Waals surface area contributed by atoms with Crippen LogP contribution in [0.3, 0.4) is 0 Å². The van der Waals surface area contributed by atoms with Crippen LogP contribution in [0, 0.1) is 0 Å². The maximum Gasteiger partial charge on any atom is 0.321 e. The molecule has 0 aromatic heterocycles. The summed E-state index contributed by atoms with van der Waals surface area (Å²) in [5, 5.41) is 5.88. The molecule has 4 rings (SSSR count). The van der Waals surface area contributed by atoms with Gasteiger partial charge in [-0.2, -0.15) is 0 Å². The summed E-state index contributed by atoms with van der Waals surface area (Å²) in [6.45, 7) is 3.91. The number of amides is 3. The highest BCUT2D eigenvalue weighted by Gasteiger charge is 2.25. The van der Waals surface area contributed by atoms with Crippen molar-refractivity contribution in [3.05, 3.63) is 59.7 Å². The predicted octanol–water partition coefficient (Wildman–Crippen LogP) is 2.79. The Hall–Kier alpha value is -3.06. The van der Waals surface area contributed by atoms with E-state index in [-0.39, 0.29) is 18.0 Å². The summed E-state index contributed by atoms with van der Waals surface area (Å²) < 4.78 is 5.27. The first-order chi connectivity index (χ1) is 14.7. The minimum Gasteiger partial charge on any atom is -0.497 e. The molecule has 2 fully saturated rings. The first-order valence-electron chi connectivity index (χ1n) is 10.5. The second-order valence-electron chi connectivity index (χ2n) is 7.67. The molecule has 2 aromatic carbocycles. The summed E-state index contributed by atoms with van der Waals surface area (Å²) >= 11 is 0. The molecule has 1 atom stereocenters. The van der Waals surface area contributed by atoms with Gasteiger partial charge >= 0.3 is 6.03 Å². The molecule has 2 aromatic rings. The molecule has 158 valence electrons. The van der Waals surface area contributed by atoms with Crippen LogP contribution < -0.4 is 20.3 Å². The van der Waals surface area contributed by atoms with Crippen molar-refractivity contribution in [3.63, 3.8) is 0 Å². The zero-order chi connectivity index (χ0) is 20.9. The molecule has 0 bridgehead atoms. The lowest BCUT2D eigenvalue weighted by molar-refractivity contribution is 0.0938. The average molecular weight is 409 g/mol. The number of nitrogens with zero attached hydrogens (tertiary/aromatic N) is 2. The summed E-state index contributed by atoms with van der Waals surface area (Å²) in [4.78, 5) is 28.6. The lowest BCUT2D eigenvalue weighted by atomic mass is 10.0. The first kappa shape index (κ1) is 20.2. The highest BCUT2D eigenvalue weighted by Crippen LogP contribution is 2.26. The normalized spacial score (nSPS) is 17.6. The molecular formula is C23H28N4O3. The van der Waals surface area contributed by atoms with E-state index in [2.05, 4.69) is 27.7 Å². The first-order valence-corrected chi connectivity index (χ1v) is 10.5. The Morgan fingerprint density at radius 3 is 2.37 bits per heavy atom. The highest BCUT2D eigenvalue weighted by molar-refractivity contribution is 5.97. The van der Waals surface area contributed by atoms with Crippen LogP contribution in [-0.4, -0.2) is 56.7 Å². The standard InChI is InChI=1S/C23H28N4O3/c1-30-20-10-6-17(7-11-20)21(26-13-2-3-14-26)16-25-22(28)18-4-8-19(9-5-18)27-15-12-24-23(27)29/h4-11,21H,2-3,12-16H2,1H3,(H,24,29)(H,25,28). The van der Waals surface area contributed by atoms with Crippen molar-refractivity contribution in [3.8, 4) is 5.75 Å². The molecule has 2 aliphatic rings. The Morgan fingerprint density at radius 2 is 1.77 bits per heavy atom. The minimum absolute atomic E-state index is 0.0971. The van der Waals surface area contributed by atoms with Crippen LogP contribution in [0.25, 0.3) is 0 Å². The largest absolute Gasteiger partial charge is 0.497 e. The van der Waals surface area contributed by atoms with E-state index in [4.69, 9.17) is 4.74 Å². The number of carbonyl (C=O) groups is 2. The van der Waals surface area contributed by atoms with Gasteiger partial charge in [-0.15, -0.1) is 0 Å². The number of methoxy groups -OCH3 is 1. The van der Waals surface area contributed by atoms with Crippen LogP contribution in [0.2, 0.25) is 0 Å². The number of hydrogen-bond acceptors (Lipinski definition) is 4. The van der Waals surface area contributed by atoms with Crippen LogP contribution in [0.15, 0.2) is 48.5 Å². The van der Waals surface area contributed by atoms with E-state index in [0.29, 0.717) is 25.2 Å². The van der Waals surface area contributed by atoms with Gasteiger partial charge in [0.25, 0.3) is 5.91 Å². The fourth-order valence-corrected chi connectivity index (χ4v) is 4.14. The molecule has 3 amide bonds. The van der Waals surface area contributed by atoms with Crippen molar-refractivity contribution in [2.24, 2.45) is 0 Å². The number of rotatable bonds is 7. The van der Waals surface area contributed by atoms with E-state index in [1.807, 2.05) is 24.3 Å². The summed E-state index contributed by atoms with van der Waals surface area (Å²) in [5.41, 5.74) is 2.57. The number of hydrogen-bond donors (Lipinski definition) is 2. The van der Waals surface area contributed by atoms with Crippen LogP contribution in [-0.2, 0) is 0 Å². The van der Waals surface area contributed by atoms with Crippen molar-refractivity contribution in [2.45, 2.75) is 18.9 Å². The van der Waals surface area contributed by atoms with Gasteiger partial charge in [0.1, 0.15) is 5.75 Å². The van der Waals surface area contributed by atoms with Crippen molar-refractivity contribution >= 4 is 17.6 Å². The Balaban J connectivity index is 1.42. The maximum atomic E-state index is 12.8. The summed E-state index contributed by atoms with van der Waals surface area (Å²) in [7, 11) is 1.66. The SMILES string of the molecule is COc1ccc(C(CNC(=O)c2ccc(N3CCNC3=O)cc2)N2CCCC2)cc1. The molecule has 30 heavy (non-hydrogen) atoms. The molecule has 2 aliphatic heterocycles. The van der Waals surface area contributed by atoms with E-state index in [0.717, 1.165) is 24.5 Å². The smallest absolute Gasteiger partial charge is 0.321 e. The van der Waals surface area contributed by atoms with E-state index >= 15 is 0 Å². The monoisotopic (exact) mass is 408 g/mol. The van der Waals surface area contributed by atoms with Gasteiger partial charge < -0.3 is 15.4 Å². The number of benzene rings is 2. The molecule has 0 spiro atoms. The Labute approximate surface area is 177 Å². The van der Waals surface area contributed by atoms with Crippen molar-refractivity contribution < 1.29 is 14.3 Å². The fourth-order valence-electron chi connectivity index (χ4n) is 4.14. The number of likely N-dealkylation sites (tertiary alicyclic amines) is 1. The van der Waals surface area contributed by atoms with Crippen LogP contribution in [0.1, 0.15) is 34.8 Å². The van der Waals surface area contributed by atoms with Gasteiger partial charge in [0.05, 0.1) is 13.2 Å². The molecule has 1 unspecified atom stereocenters. The Kier molecular flexibility index (Phi) is 6.18. The summed E-state index contributed by atoms with van der Waals surface area (Å²) in [6.07, 6.45) is 2.37. The van der Waals surface area contributed by atoms with E-state index in [9.17, 15) is 9.59 Å². The molecule has 7 nitrogen and oxygen atoms in total. The van der Waals surface area contributed by atoms with Gasteiger partial charge in [0.2, 0.25) is 0 Å². The van der Waals surface area contributed by atoms with Gasteiger partial charge in [-0.3, -0.25) is 14.6 Å².